The van der Waals surface area contributed by atoms with Crippen LogP contribution in [0, 0.1) is 12.3 Å². The van der Waals surface area contributed by atoms with Crippen LogP contribution in [0.4, 0.5) is 5.69 Å². The van der Waals surface area contributed by atoms with E-state index in [0.29, 0.717) is 13.2 Å². The molecule has 1 aromatic heterocycles. The Morgan fingerprint density at radius 1 is 1.57 bits per heavy atom. The Kier molecular flexibility index (Phi) is 2.76. The smallest absolute Gasteiger partial charge is 0.0584 e. The molecule has 0 aromatic carbocycles. The second-order valence-corrected chi connectivity index (χ2v) is 4.72. The van der Waals surface area contributed by atoms with Crippen LogP contribution in [-0.2, 0) is 4.74 Å². The fraction of sp³-hybridized carbons (Fsp3) is 0.600. The van der Waals surface area contributed by atoms with Gasteiger partial charge in [0.25, 0.3) is 0 Å². The van der Waals surface area contributed by atoms with Gasteiger partial charge in [0.05, 0.1) is 25.2 Å². The molecule has 0 aliphatic carbocycles. The molecule has 0 unspecified atom stereocenters. The Morgan fingerprint density at radius 3 is 2.79 bits per heavy atom. The molecule has 1 aromatic rings. The number of aliphatic hydroxyl groups is 1. The fourth-order valence-corrected chi connectivity index (χ4v) is 2.27. The van der Waals surface area contributed by atoms with Crippen LogP contribution in [-0.4, -0.2) is 31.5 Å². The van der Waals surface area contributed by atoms with E-state index in [-0.39, 0.29) is 12.0 Å². The third kappa shape index (κ3) is 1.78. The third-order valence-corrected chi connectivity index (χ3v) is 3.52. The number of hydrogen-bond acceptors (Lipinski definition) is 4. The van der Waals surface area contributed by atoms with Gasteiger partial charge >= 0.3 is 0 Å². The summed E-state index contributed by atoms with van der Waals surface area (Å²) in [5.74, 6) is 0. The number of nitrogens with one attached hydrogen (secondary N) is 1. The highest BCUT2D eigenvalue weighted by Crippen LogP contribution is 2.28. The van der Waals surface area contributed by atoms with Crippen molar-refractivity contribution in [2.24, 2.45) is 5.41 Å². The lowest BCUT2D eigenvalue weighted by Crippen LogP contribution is -2.50. The Bertz CT molecular complexity index is 301. The van der Waals surface area contributed by atoms with Gasteiger partial charge < -0.3 is 15.2 Å². The molecular formula is C10H15NO2S. The maximum absolute atomic E-state index is 9.22. The van der Waals surface area contributed by atoms with E-state index in [1.165, 1.54) is 11.3 Å². The quantitative estimate of drug-likeness (QED) is 0.796. The summed E-state index contributed by atoms with van der Waals surface area (Å²) in [5.41, 5.74) is 2.40. The van der Waals surface area contributed by atoms with Crippen molar-refractivity contribution in [1.82, 2.24) is 0 Å². The molecule has 2 N–H and O–H groups in total. The Morgan fingerprint density at radius 2 is 2.36 bits per heavy atom. The van der Waals surface area contributed by atoms with E-state index in [1.54, 1.807) is 11.3 Å². The summed E-state index contributed by atoms with van der Waals surface area (Å²) >= 11 is 1.69. The molecule has 0 radical (unpaired) electrons. The average molecular weight is 213 g/mol. The summed E-state index contributed by atoms with van der Waals surface area (Å²) in [6.45, 7) is 4.41. The lowest BCUT2D eigenvalue weighted by atomic mass is 9.87. The maximum Gasteiger partial charge on any atom is 0.0584 e. The predicted molar refractivity (Wildman–Crippen MR) is 57.9 cm³/mol. The van der Waals surface area contributed by atoms with Crippen molar-refractivity contribution in [3.8, 4) is 0 Å². The van der Waals surface area contributed by atoms with Gasteiger partial charge in [0.2, 0.25) is 0 Å². The molecule has 4 heteroatoms. The minimum Gasteiger partial charge on any atom is -0.396 e. The Hall–Kier alpha value is -0.580. The number of rotatable bonds is 4. The number of thiophene rings is 1. The summed E-state index contributed by atoms with van der Waals surface area (Å²) in [4.78, 5) is 0. The van der Waals surface area contributed by atoms with Crippen molar-refractivity contribution in [2.75, 3.05) is 31.7 Å². The summed E-state index contributed by atoms with van der Waals surface area (Å²) < 4.78 is 5.13. The second kappa shape index (κ2) is 3.88. The zero-order valence-corrected chi connectivity index (χ0v) is 9.06. The SMILES string of the molecule is Cc1cscc1NCC1(CO)COC1. The van der Waals surface area contributed by atoms with E-state index >= 15 is 0 Å². The van der Waals surface area contributed by atoms with Crippen LogP contribution in [0.2, 0.25) is 0 Å². The van der Waals surface area contributed by atoms with Crippen LogP contribution in [0.5, 0.6) is 0 Å². The largest absolute Gasteiger partial charge is 0.396 e. The predicted octanol–water partition coefficient (Wildman–Crippen LogP) is 1.48. The lowest BCUT2D eigenvalue weighted by Gasteiger charge is -2.40. The van der Waals surface area contributed by atoms with Crippen molar-refractivity contribution in [2.45, 2.75) is 6.92 Å². The van der Waals surface area contributed by atoms with Gasteiger partial charge in [-0.05, 0) is 17.9 Å². The first kappa shape index (κ1) is 9.96. The summed E-state index contributed by atoms with van der Waals surface area (Å²) in [5, 5.41) is 16.8. The van der Waals surface area contributed by atoms with E-state index in [0.717, 1.165) is 6.54 Å². The molecule has 14 heavy (non-hydrogen) atoms. The molecule has 3 nitrogen and oxygen atoms in total. The Balaban J connectivity index is 1.90. The van der Waals surface area contributed by atoms with E-state index in [9.17, 15) is 5.11 Å². The molecule has 0 saturated carbocycles. The van der Waals surface area contributed by atoms with Gasteiger partial charge in [-0.3, -0.25) is 0 Å². The summed E-state index contributed by atoms with van der Waals surface area (Å²) in [6, 6.07) is 0. The molecule has 0 spiro atoms. The van der Waals surface area contributed by atoms with Crippen molar-refractivity contribution >= 4 is 17.0 Å². The van der Waals surface area contributed by atoms with Crippen molar-refractivity contribution in [3.63, 3.8) is 0 Å². The van der Waals surface area contributed by atoms with Crippen LogP contribution in [0.15, 0.2) is 10.8 Å². The van der Waals surface area contributed by atoms with Gasteiger partial charge in [0.1, 0.15) is 0 Å². The number of aliphatic hydroxyl groups excluding tert-OH is 1. The fourth-order valence-electron chi connectivity index (χ4n) is 1.46. The highest BCUT2D eigenvalue weighted by molar-refractivity contribution is 7.08. The molecule has 2 rings (SSSR count). The molecule has 0 bridgehead atoms. The molecule has 1 fully saturated rings. The first-order valence-electron chi connectivity index (χ1n) is 4.71. The normalized spacial score (nSPS) is 19.0. The minimum atomic E-state index is -0.0472. The monoisotopic (exact) mass is 213 g/mol. The zero-order valence-electron chi connectivity index (χ0n) is 8.25. The van der Waals surface area contributed by atoms with E-state index in [1.807, 2.05) is 0 Å². The molecule has 0 amide bonds. The van der Waals surface area contributed by atoms with Crippen LogP contribution in [0.1, 0.15) is 5.56 Å². The van der Waals surface area contributed by atoms with Crippen molar-refractivity contribution in [1.29, 1.82) is 0 Å². The molecule has 1 aliphatic heterocycles. The topological polar surface area (TPSA) is 41.5 Å². The number of aryl methyl sites for hydroxylation is 1. The molecule has 2 heterocycles. The zero-order chi connectivity index (χ0) is 10.0. The van der Waals surface area contributed by atoms with E-state index in [4.69, 9.17) is 4.74 Å². The molecule has 1 saturated heterocycles. The van der Waals surface area contributed by atoms with Gasteiger partial charge in [-0.2, -0.15) is 0 Å². The first-order valence-corrected chi connectivity index (χ1v) is 5.65. The van der Waals surface area contributed by atoms with Crippen molar-refractivity contribution in [3.05, 3.63) is 16.3 Å². The first-order chi connectivity index (χ1) is 6.76. The Labute approximate surface area is 87.7 Å². The van der Waals surface area contributed by atoms with Crippen LogP contribution in [0.25, 0.3) is 0 Å². The average Bonchev–Trinajstić information content (AvgIpc) is 2.51. The van der Waals surface area contributed by atoms with Gasteiger partial charge in [-0.15, -0.1) is 11.3 Å². The summed E-state index contributed by atoms with van der Waals surface area (Å²) in [7, 11) is 0. The highest BCUT2D eigenvalue weighted by Gasteiger charge is 2.37. The van der Waals surface area contributed by atoms with Crippen LogP contribution in [0.3, 0.4) is 0 Å². The maximum atomic E-state index is 9.22. The lowest BCUT2D eigenvalue weighted by molar-refractivity contribution is -0.128. The number of hydrogen-bond donors (Lipinski definition) is 2. The second-order valence-electron chi connectivity index (χ2n) is 3.97. The van der Waals surface area contributed by atoms with Gasteiger partial charge in [-0.1, -0.05) is 0 Å². The third-order valence-electron chi connectivity index (χ3n) is 2.66. The van der Waals surface area contributed by atoms with E-state index < -0.39 is 0 Å². The van der Waals surface area contributed by atoms with Gasteiger partial charge in [0.15, 0.2) is 0 Å². The molecular weight excluding hydrogens is 198 g/mol. The van der Waals surface area contributed by atoms with Gasteiger partial charge in [0, 0.05) is 17.6 Å². The summed E-state index contributed by atoms with van der Waals surface area (Å²) in [6.07, 6.45) is 0. The van der Waals surface area contributed by atoms with Gasteiger partial charge in [-0.25, -0.2) is 0 Å². The van der Waals surface area contributed by atoms with Crippen LogP contribution >= 0.6 is 11.3 Å². The minimum absolute atomic E-state index is 0.0472. The highest BCUT2D eigenvalue weighted by atomic mass is 32.1. The molecule has 78 valence electrons. The standard InChI is InChI=1S/C10H15NO2S/c1-8-2-14-3-9(8)11-4-10(5-12)6-13-7-10/h2-3,11-12H,4-7H2,1H3. The van der Waals surface area contributed by atoms with Crippen molar-refractivity contribution < 1.29 is 9.84 Å². The van der Waals surface area contributed by atoms with E-state index in [2.05, 4.69) is 23.0 Å². The number of ether oxygens (including phenoxy) is 1. The number of anilines is 1. The molecule has 0 atom stereocenters. The molecule has 1 aliphatic rings. The van der Waals surface area contributed by atoms with Crippen LogP contribution < -0.4 is 5.32 Å².